The van der Waals surface area contributed by atoms with Gasteiger partial charge in [-0.2, -0.15) is 0 Å². The van der Waals surface area contributed by atoms with Gasteiger partial charge in [0.1, 0.15) is 35.6 Å². The molecule has 2 aromatic carbocycles. The third-order valence-electron chi connectivity index (χ3n) is 7.02. The van der Waals surface area contributed by atoms with Gasteiger partial charge in [-0.05, 0) is 66.0 Å². The van der Waals surface area contributed by atoms with Crippen molar-refractivity contribution in [2.24, 2.45) is 0 Å². The van der Waals surface area contributed by atoms with E-state index in [-0.39, 0.29) is 24.3 Å². The topological polar surface area (TPSA) is 134 Å². The zero-order valence-corrected chi connectivity index (χ0v) is 28.8. The highest BCUT2D eigenvalue weighted by atomic mass is 16.6. The third kappa shape index (κ3) is 13.1. The number of phenolic OH excluding ortho intramolecular Hbond substituents is 1. The fourth-order valence-corrected chi connectivity index (χ4v) is 4.87. The van der Waals surface area contributed by atoms with Crippen molar-refractivity contribution < 1.29 is 33.8 Å². The summed E-state index contributed by atoms with van der Waals surface area (Å²) in [7, 11) is 0. The maximum Gasteiger partial charge on any atom is 0.408 e. The third-order valence-corrected chi connectivity index (χ3v) is 7.02. The maximum absolute atomic E-state index is 14.3. The first-order chi connectivity index (χ1) is 21.5. The van der Waals surface area contributed by atoms with Crippen LogP contribution in [0, 0.1) is 6.92 Å². The number of aryl methyl sites for hydroxylation is 1. The number of phenols is 1. The van der Waals surface area contributed by atoms with E-state index in [2.05, 4.69) is 17.6 Å². The standard InChI is InChI=1S/C36H53N3O7/c1-9-10-11-12-16-22-39(29(40)24-37-34(44)46-36(6,7)8)30(27-21-17-18-25(2)31(27)41)32(42)38-28(33(43)45-35(3,4)5)23-26-19-14-13-15-20-26/h13-15,17-21,28,30,41H,9-12,16,22-24H2,1-8H3,(H,37,44)(H,38,42). The molecule has 3 amide bonds. The Morgan fingerprint density at radius 2 is 1.48 bits per heavy atom. The van der Waals surface area contributed by atoms with E-state index in [4.69, 9.17) is 9.47 Å². The van der Waals surface area contributed by atoms with E-state index in [1.807, 2.05) is 30.3 Å². The number of amides is 3. The molecule has 0 heterocycles. The molecule has 2 rings (SSSR count). The lowest BCUT2D eigenvalue weighted by Crippen LogP contribution is -2.52. The van der Waals surface area contributed by atoms with Gasteiger partial charge < -0.3 is 30.1 Å². The van der Waals surface area contributed by atoms with Crippen LogP contribution in [0.1, 0.15) is 103 Å². The molecule has 0 spiro atoms. The number of para-hydroxylation sites is 1. The first-order valence-corrected chi connectivity index (χ1v) is 16.1. The summed E-state index contributed by atoms with van der Waals surface area (Å²) in [6, 6.07) is 11.8. The molecule has 0 saturated carbocycles. The number of ether oxygens (including phenoxy) is 2. The van der Waals surface area contributed by atoms with Crippen molar-refractivity contribution in [3.8, 4) is 5.75 Å². The Morgan fingerprint density at radius 1 is 0.848 bits per heavy atom. The molecule has 2 aromatic rings. The molecule has 254 valence electrons. The molecule has 10 nitrogen and oxygen atoms in total. The highest BCUT2D eigenvalue weighted by Crippen LogP contribution is 2.32. The second-order valence-corrected chi connectivity index (χ2v) is 13.6. The highest BCUT2D eigenvalue weighted by molar-refractivity contribution is 5.93. The minimum atomic E-state index is -1.31. The van der Waals surface area contributed by atoms with Crippen LogP contribution in [0.2, 0.25) is 0 Å². The lowest BCUT2D eigenvalue weighted by atomic mass is 9.98. The molecule has 0 radical (unpaired) electrons. The molecular weight excluding hydrogens is 586 g/mol. The number of benzene rings is 2. The van der Waals surface area contributed by atoms with Gasteiger partial charge in [-0.1, -0.05) is 81.1 Å². The van der Waals surface area contributed by atoms with Crippen LogP contribution in [-0.2, 0) is 30.3 Å². The van der Waals surface area contributed by atoms with Crippen LogP contribution in [0.15, 0.2) is 48.5 Å². The van der Waals surface area contributed by atoms with Gasteiger partial charge in [0.2, 0.25) is 11.8 Å². The Balaban J connectivity index is 2.53. The van der Waals surface area contributed by atoms with Crippen molar-refractivity contribution in [1.82, 2.24) is 15.5 Å². The molecule has 0 bridgehead atoms. The summed E-state index contributed by atoms with van der Waals surface area (Å²) in [5.41, 5.74) is -0.0420. The summed E-state index contributed by atoms with van der Waals surface area (Å²) in [5.74, 6) is -1.96. The van der Waals surface area contributed by atoms with Gasteiger partial charge in [0.25, 0.3) is 0 Å². The van der Waals surface area contributed by atoms with Crippen LogP contribution in [0.5, 0.6) is 5.75 Å². The quantitative estimate of drug-likeness (QED) is 0.158. The second kappa shape index (κ2) is 17.6. The van der Waals surface area contributed by atoms with E-state index in [9.17, 15) is 24.3 Å². The molecule has 0 fully saturated rings. The monoisotopic (exact) mass is 639 g/mol. The summed E-state index contributed by atoms with van der Waals surface area (Å²) in [4.78, 5) is 55.4. The van der Waals surface area contributed by atoms with Gasteiger partial charge in [-0.25, -0.2) is 9.59 Å². The van der Waals surface area contributed by atoms with E-state index < -0.39 is 53.7 Å². The zero-order chi connectivity index (χ0) is 34.5. The Labute approximate surface area is 274 Å². The zero-order valence-electron chi connectivity index (χ0n) is 28.8. The molecule has 0 aliphatic rings. The minimum Gasteiger partial charge on any atom is -0.507 e. The van der Waals surface area contributed by atoms with Crippen molar-refractivity contribution in [3.63, 3.8) is 0 Å². The molecule has 0 aromatic heterocycles. The van der Waals surface area contributed by atoms with Crippen molar-refractivity contribution in [1.29, 1.82) is 0 Å². The van der Waals surface area contributed by atoms with E-state index in [1.54, 1.807) is 66.7 Å². The van der Waals surface area contributed by atoms with Crippen molar-refractivity contribution >= 4 is 23.9 Å². The number of carbonyl (C=O) groups is 4. The Morgan fingerprint density at radius 3 is 2.09 bits per heavy atom. The molecule has 0 aliphatic heterocycles. The maximum atomic E-state index is 14.3. The lowest BCUT2D eigenvalue weighted by Gasteiger charge is -2.33. The lowest BCUT2D eigenvalue weighted by molar-refractivity contribution is -0.159. The largest absolute Gasteiger partial charge is 0.507 e. The Bertz CT molecular complexity index is 1300. The van der Waals surface area contributed by atoms with Gasteiger partial charge in [-0.3, -0.25) is 9.59 Å². The minimum absolute atomic E-state index is 0.136. The molecule has 2 unspecified atom stereocenters. The number of hydrogen-bond donors (Lipinski definition) is 3. The van der Waals surface area contributed by atoms with Crippen LogP contribution in [0.25, 0.3) is 0 Å². The summed E-state index contributed by atoms with van der Waals surface area (Å²) in [6.45, 7) is 13.9. The van der Waals surface area contributed by atoms with Gasteiger partial charge in [-0.15, -0.1) is 0 Å². The Kier molecular flexibility index (Phi) is 14.6. The Hall–Kier alpha value is -4.08. The highest BCUT2D eigenvalue weighted by Gasteiger charge is 2.37. The van der Waals surface area contributed by atoms with Gasteiger partial charge >= 0.3 is 12.1 Å². The van der Waals surface area contributed by atoms with Crippen molar-refractivity contribution in [3.05, 3.63) is 65.2 Å². The van der Waals surface area contributed by atoms with Crippen molar-refractivity contribution in [2.45, 2.75) is 117 Å². The number of nitrogens with one attached hydrogen (secondary N) is 2. The number of alkyl carbamates (subject to hydrolysis) is 1. The molecular formula is C36H53N3O7. The molecule has 0 saturated heterocycles. The summed E-state index contributed by atoms with van der Waals surface area (Å²) < 4.78 is 11.0. The van der Waals surface area contributed by atoms with Crippen LogP contribution in [0.3, 0.4) is 0 Å². The van der Waals surface area contributed by atoms with Crippen LogP contribution >= 0.6 is 0 Å². The number of nitrogens with zero attached hydrogens (tertiary/aromatic N) is 1. The summed E-state index contributed by atoms with van der Waals surface area (Å²) >= 11 is 0. The SMILES string of the molecule is CCCCCCCN(C(=O)CNC(=O)OC(C)(C)C)C(C(=O)NC(Cc1ccccc1)C(=O)OC(C)(C)C)c1cccc(C)c1O. The summed E-state index contributed by atoms with van der Waals surface area (Å²) in [6.07, 6.45) is 3.83. The van der Waals surface area contributed by atoms with Gasteiger partial charge in [0.15, 0.2) is 0 Å². The van der Waals surface area contributed by atoms with Gasteiger partial charge in [0, 0.05) is 18.5 Å². The number of carbonyl (C=O) groups excluding carboxylic acids is 4. The fourth-order valence-electron chi connectivity index (χ4n) is 4.87. The van der Waals surface area contributed by atoms with Gasteiger partial charge in [0.05, 0.1) is 0 Å². The number of hydrogen-bond acceptors (Lipinski definition) is 7. The molecule has 46 heavy (non-hydrogen) atoms. The number of rotatable bonds is 15. The number of aromatic hydroxyl groups is 1. The molecule has 0 aliphatic carbocycles. The molecule has 10 heteroatoms. The first-order valence-electron chi connectivity index (χ1n) is 16.1. The van der Waals surface area contributed by atoms with E-state index >= 15 is 0 Å². The fraction of sp³-hybridized carbons (Fsp3) is 0.556. The van der Waals surface area contributed by atoms with E-state index in [1.165, 1.54) is 4.90 Å². The van der Waals surface area contributed by atoms with Crippen LogP contribution < -0.4 is 10.6 Å². The predicted octanol–water partition coefficient (Wildman–Crippen LogP) is 6.13. The average molecular weight is 640 g/mol. The average Bonchev–Trinajstić information content (AvgIpc) is 2.95. The van der Waals surface area contributed by atoms with Crippen LogP contribution in [-0.4, -0.2) is 64.2 Å². The van der Waals surface area contributed by atoms with E-state index in [0.29, 0.717) is 12.0 Å². The smallest absolute Gasteiger partial charge is 0.408 e. The second-order valence-electron chi connectivity index (χ2n) is 13.6. The first kappa shape index (κ1) is 38.1. The molecule has 3 N–H and O–H groups in total. The van der Waals surface area contributed by atoms with E-state index in [0.717, 1.165) is 31.2 Å². The van der Waals surface area contributed by atoms with Crippen LogP contribution in [0.4, 0.5) is 4.79 Å². The normalized spacial score (nSPS) is 12.9. The number of esters is 1. The molecule has 2 atom stereocenters. The summed E-state index contributed by atoms with van der Waals surface area (Å²) in [5, 5.41) is 16.5. The van der Waals surface area contributed by atoms with Crippen molar-refractivity contribution in [2.75, 3.05) is 13.1 Å². The number of unbranched alkanes of at least 4 members (excludes halogenated alkanes) is 4. The predicted molar refractivity (Wildman–Crippen MR) is 178 cm³/mol.